The first kappa shape index (κ1) is 21.6. The number of likely N-dealkylation sites (N-methyl/N-ethyl adjacent to an activating group) is 1. The number of phenols is 1. The molecule has 2 heterocycles. The Kier molecular flexibility index (Phi) is 6.95. The molecule has 0 spiro atoms. The van der Waals surface area contributed by atoms with Gasteiger partial charge in [-0.2, -0.15) is 4.98 Å². The molecule has 0 fully saturated rings. The standard InChI is InChI=1S/C23H30N4O3/c1-5-27(6-2)11-12-29-18-13-19(22(24)20(28)14-18)16(4)30-21-10-9-17-8-7-15(3)25-23(17)26-21/h7-10,13-14,16,28H,5-6,11-12,24H2,1-4H3. The number of nitrogens with two attached hydrogens (primary N) is 1. The van der Waals surface area contributed by atoms with E-state index in [1.165, 1.54) is 6.07 Å². The second kappa shape index (κ2) is 9.63. The van der Waals surface area contributed by atoms with Crippen LogP contribution < -0.4 is 15.2 Å². The highest BCUT2D eigenvalue weighted by atomic mass is 16.5. The van der Waals surface area contributed by atoms with Crippen molar-refractivity contribution in [3.05, 3.63) is 47.7 Å². The number of aryl methyl sites for hydroxylation is 1. The zero-order chi connectivity index (χ0) is 21.7. The van der Waals surface area contributed by atoms with Gasteiger partial charge in [-0.1, -0.05) is 13.8 Å². The average molecular weight is 411 g/mol. The summed E-state index contributed by atoms with van der Waals surface area (Å²) in [6.07, 6.45) is -0.433. The monoisotopic (exact) mass is 410 g/mol. The number of anilines is 1. The van der Waals surface area contributed by atoms with Gasteiger partial charge in [-0.05, 0) is 51.2 Å². The van der Waals surface area contributed by atoms with E-state index in [2.05, 4.69) is 28.7 Å². The van der Waals surface area contributed by atoms with Crippen LogP contribution in [0.15, 0.2) is 36.4 Å². The highest BCUT2D eigenvalue weighted by Crippen LogP contribution is 2.35. The lowest BCUT2D eigenvalue weighted by Gasteiger charge is -2.20. The van der Waals surface area contributed by atoms with Crippen molar-refractivity contribution in [2.45, 2.75) is 33.8 Å². The van der Waals surface area contributed by atoms with Crippen molar-refractivity contribution in [1.29, 1.82) is 0 Å². The minimum absolute atomic E-state index is 0.0236. The molecular formula is C23H30N4O3. The third kappa shape index (κ3) is 5.10. The summed E-state index contributed by atoms with van der Waals surface area (Å²) in [6, 6.07) is 11.0. The number of aromatic nitrogens is 2. The summed E-state index contributed by atoms with van der Waals surface area (Å²) in [4.78, 5) is 11.2. The van der Waals surface area contributed by atoms with Crippen molar-refractivity contribution >= 4 is 16.7 Å². The van der Waals surface area contributed by atoms with Crippen LogP contribution in [-0.4, -0.2) is 46.2 Å². The van der Waals surface area contributed by atoms with Crippen LogP contribution in [0.5, 0.6) is 17.4 Å². The fraction of sp³-hybridized carbons (Fsp3) is 0.391. The lowest BCUT2D eigenvalue weighted by molar-refractivity contribution is 0.213. The van der Waals surface area contributed by atoms with E-state index in [1.807, 2.05) is 38.1 Å². The summed E-state index contributed by atoms with van der Waals surface area (Å²) in [6.45, 7) is 11.3. The van der Waals surface area contributed by atoms with Gasteiger partial charge in [-0.25, -0.2) is 4.98 Å². The van der Waals surface area contributed by atoms with Crippen LogP contribution in [0.2, 0.25) is 0 Å². The van der Waals surface area contributed by atoms with Gasteiger partial charge in [0.05, 0.1) is 5.69 Å². The van der Waals surface area contributed by atoms with Gasteiger partial charge < -0.3 is 25.2 Å². The molecule has 3 rings (SSSR count). The fourth-order valence-corrected chi connectivity index (χ4v) is 3.27. The van der Waals surface area contributed by atoms with Crippen LogP contribution in [0, 0.1) is 6.92 Å². The van der Waals surface area contributed by atoms with Crippen LogP contribution >= 0.6 is 0 Å². The highest BCUT2D eigenvalue weighted by Gasteiger charge is 2.17. The normalized spacial score (nSPS) is 12.3. The number of benzene rings is 1. The Morgan fingerprint density at radius 1 is 1.10 bits per heavy atom. The van der Waals surface area contributed by atoms with Crippen molar-refractivity contribution in [2.75, 3.05) is 32.0 Å². The minimum atomic E-state index is -0.433. The third-order valence-electron chi connectivity index (χ3n) is 5.14. The lowest BCUT2D eigenvalue weighted by atomic mass is 10.1. The first-order valence-corrected chi connectivity index (χ1v) is 10.3. The molecule has 0 aliphatic heterocycles. The number of hydrogen-bond donors (Lipinski definition) is 2. The lowest BCUT2D eigenvalue weighted by Crippen LogP contribution is -2.27. The topological polar surface area (TPSA) is 93.7 Å². The maximum Gasteiger partial charge on any atom is 0.215 e. The summed E-state index contributed by atoms with van der Waals surface area (Å²) in [5, 5.41) is 11.2. The van der Waals surface area contributed by atoms with Gasteiger partial charge in [0.25, 0.3) is 0 Å². The second-order valence-electron chi connectivity index (χ2n) is 7.23. The quantitative estimate of drug-likeness (QED) is 0.405. The number of phenolic OH excluding ortho intramolecular Hbond substituents is 1. The van der Waals surface area contributed by atoms with Crippen LogP contribution in [0.4, 0.5) is 5.69 Å². The van der Waals surface area contributed by atoms with Crippen molar-refractivity contribution in [3.63, 3.8) is 0 Å². The van der Waals surface area contributed by atoms with Crippen molar-refractivity contribution < 1.29 is 14.6 Å². The molecule has 1 aromatic carbocycles. The molecule has 3 N–H and O–H groups in total. The maximum absolute atomic E-state index is 10.3. The average Bonchev–Trinajstić information content (AvgIpc) is 2.73. The molecule has 0 saturated heterocycles. The summed E-state index contributed by atoms with van der Waals surface area (Å²) >= 11 is 0. The van der Waals surface area contributed by atoms with Gasteiger partial charge in [0.1, 0.15) is 24.2 Å². The van der Waals surface area contributed by atoms with E-state index in [-0.39, 0.29) is 11.4 Å². The van der Waals surface area contributed by atoms with Gasteiger partial charge in [0.2, 0.25) is 5.88 Å². The van der Waals surface area contributed by atoms with E-state index in [1.54, 1.807) is 6.07 Å². The highest BCUT2D eigenvalue weighted by molar-refractivity contribution is 5.75. The number of ether oxygens (including phenoxy) is 2. The third-order valence-corrected chi connectivity index (χ3v) is 5.14. The summed E-state index contributed by atoms with van der Waals surface area (Å²) in [7, 11) is 0. The van der Waals surface area contributed by atoms with Crippen LogP contribution in [0.3, 0.4) is 0 Å². The van der Waals surface area contributed by atoms with E-state index < -0.39 is 6.10 Å². The molecule has 3 aromatic rings. The Balaban J connectivity index is 1.76. The molecule has 2 aromatic heterocycles. The first-order chi connectivity index (χ1) is 14.4. The Labute approximate surface area is 177 Å². The second-order valence-corrected chi connectivity index (χ2v) is 7.23. The predicted octanol–water partition coefficient (Wildman–Crippen LogP) is 4.09. The van der Waals surface area contributed by atoms with Crippen molar-refractivity contribution in [1.82, 2.24) is 14.9 Å². The first-order valence-electron chi connectivity index (χ1n) is 10.3. The molecule has 0 amide bonds. The number of fused-ring (bicyclic) bond motifs is 1. The predicted molar refractivity (Wildman–Crippen MR) is 119 cm³/mol. The number of pyridine rings is 2. The Morgan fingerprint density at radius 2 is 1.83 bits per heavy atom. The van der Waals surface area contributed by atoms with Crippen molar-refractivity contribution in [3.8, 4) is 17.4 Å². The van der Waals surface area contributed by atoms with Gasteiger partial charge in [-0.3, -0.25) is 0 Å². The summed E-state index contributed by atoms with van der Waals surface area (Å²) < 4.78 is 11.9. The summed E-state index contributed by atoms with van der Waals surface area (Å²) in [5.74, 6) is 0.979. The van der Waals surface area contributed by atoms with Gasteiger partial charge in [-0.15, -0.1) is 0 Å². The van der Waals surface area contributed by atoms with Gasteiger partial charge in [0, 0.05) is 35.3 Å². The number of nitrogen functional groups attached to an aromatic ring is 1. The molecule has 30 heavy (non-hydrogen) atoms. The van der Waals surface area contributed by atoms with Crippen molar-refractivity contribution in [2.24, 2.45) is 0 Å². The molecular weight excluding hydrogens is 380 g/mol. The SMILES string of the molecule is CCN(CC)CCOc1cc(O)c(N)c(C(C)Oc2ccc3ccc(C)nc3n2)c1. The number of nitrogens with zero attached hydrogens (tertiary/aromatic N) is 3. The van der Waals surface area contributed by atoms with Gasteiger partial charge >= 0.3 is 0 Å². The molecule has 0 aliphatic rings. The molecule has 1 unspecified atom stereocenters. The molecule has 7 heteroatoms. The van der Waals surface area contributed by atoms with Gasteiger partial charge in [0.15, 0.2) is 5.65 Å². The van der Waals surface area contributed by atoms with E-state index in [0.29, 0.717) is 29.4 Å². The van der Waals surface area contributed by atoms with E-state index >= 15 is 0 Å². The molecule has 0 bridgehead atoms. The molecule has 0 aliphatic carbocycles. The molecule has 0 saturated carbocycles. The largest absolute Gasteiger partial charge is 0.506 e. The summed E-state index contributed by atoms with van der Waals surface area (Å²) in [5.41, 5.74) is 8.55. The molecule has 7 nitrogen and oxygen atoms in total. The van der Waals surface area contributed by atoms with Crippen LogP contribution in [-0.2, 0) is 0 Å². The zero-order valence-electron chi connectivity index (χ0n) is 18.1. The van der Waals surface area contributed by atoms with Crippen LogP contribution in [0.1, 0.15) is 38.1 Å². The van der Waals surface area contributed by atoms with E-state index in [4.69, 9.17) is 15.2 Å². The number of hydrogen-bond acceptors (Lipinski definition) is 7. The molecule has 160 valence electrons. The number of rotatable bonds is 9. The fourth-order valence-electron chi connectivity index (χ4n) is 3.27. The molecule has 0 radical (unpaired) electrons. The van der Waals surface area contributed by atoms with E-state index in [0.717, 1.165) is 30.7 Å². The Hall–Kier alpha value is -3.06. The zero-order valence-corrected chi connectivity index (χ0v) is 18.1. The molecule has 1 atom stereocenters. The van der Waals surface area contributed by atoms with E-state index in [9.17, 15) is 5.11 Å². The maximum atomic E-state index is 10.3. The Bertz CT molecular complexity index is 1010. The Morgan fingerprint density at radius 3 is 2.57 bits per heavy atom. The van der Waals surface area contributed by atoms with Crippen LogP contribution in [0.25, 0.3) is 11.0 Å². The smallest absolute Gasteiger partial charge is 0.215 e. The number of aromatic hydroxyl groups is 1. The minimum Gasteiger partial charge on any atom is -0.506 e.